The number of guanidine groups is 1. The third kappa shape index (κ3) is 4.59. The van der Waals surface area contributed by atoms with Crippen LogP contribution in [-0.2, 0) is 11.2 Å². The van der Waals surface area contributed by atoms with Crippen LogP contribution in [0.3, 0.4) is 0 Å². The molecule has 29 heavy (non-hydrogen) atoms. The highest BCUT2D eigenvalue weighted by Gasteiger charge is 2.53. The Balaban J connectivity index is 0.00000205. The molecule has 6 heteroatoms. The average molecular weight is 510 g/mol. The van der Waals surface area contributed by atoms with E-state index in [0.717, 1.165) is 49.8 Å². The maximum absolute atomic E-state index is 6.12. The summed E-state index contributed by atoms with van der Waals surface area (Å²) in [7, 11) is 1.93. The lowest BCUT2D eigenvalue weighted by Crippen LogP contribution is -2.43. The number of hydrogen-bond donors (Lipinski definition) is 1. The predicted octanol–water partition coefficient (Wildman–Crippen LogP) is 2.85. The average Bonchev–Trinajstić information content (AvgIpc) is 3.49. The summed E-state index contributed by atoms with van der Waals surface area (Å²) in [5.41, 5.74) is 1.45. The summed E-state index contributed by atoms with van der Waals surface area (Å²) >= 11 is 0. The molecule has 0 aliphatic carbocycles. The standard InChI is InChI=1S/C23H34N4O.HI/c1-24-23(27-15-19-20(16-27)22-8-7-21(19)28-22)25-13-18-10-12-26(14-18)11-9-17-5-3-2-4-6-17;/h2-6,18-22H,7-16H2,1H3,(H,24,25);1H. The van der Waals surface area contributed by atoms with E-state index in [9.17, 15) is 0 Å². The first-order valence-corrected chi connectivity index (χ1v) is 11.2. The molecule has 5 atom stereocenters. The molecule has 4 aliphatic heterocycles. The molecular formula is C23H35IN4O. The second kappa shape index (κ2) is 9.52. The van der Waals surface area contributed by atoms with Crippen LogP contribution in [-0.4, -0.2) is 74.3 Å². The van der Waals surface area contributed by atoms with E-state index in [-0.39, 0.29) is 24.0 Å². The van der Waals surface area contributed by atoms with E-state index >= 15 is 0 Å². The Labute approximate surface area is 192 Å². The Bertz CT molecular complexity index is 681. The number of nitrogens with zero attached hydrogens (tertiary/aromatic N) is 3. The summed E-state index contributed by atoms with van der Waals surface area (Å²) in [5, 5.41) is 3.70. The van der Waals surface area contributed by atoms with Gasteiger partial charge in [-0.2, -0.15) is 0 Å². The van der Waals surface area contributed by atoms with E-state index in [1.807, 2.05) is 7.05 Å². The van der Waals surface area contributed by atoms with E-state index in [1.54, 1.807) is 0 Å². The van der Waals surface area contributed by atoms with Crippen LogP contribution in [0.25, 0.3) is 0 Å². The van der Waals surface area contributed by atoms with Gasteiger partial charge in [-0.05, 0) is 43.7 Å². The summed E-state index contributed by atoms with van der Waals surface area (Å²) in [6, 6.07) is 10.9. The van der Waals surface area contributed by atoms with Gasteiger partial charge in [0, 0.05) is 51.6 Å². The van der Waals surface area contributed by atoms with Gasteiger partial charge in [0.2, 0.25) is 0 Å². The summed E-state index contributed by atoms with van der Waals surface area (Å²) < 4.78 is 6.12. The number of fused-ring (bicyclic) bond motifs is 5. The van der Waals surface area contributed by atoms with Crippen LogP contribution < -0.4 is 5.32 Å². The maximum Gasteiger partial charge on any atom is 0.193 e. The number of benzene rings is 1. The first kappa shape index (κ1) is 21.4. The molecule has 0 radical (unpaired) electrons. The number of hydrogen-bond acceptors (Lipinski definition) is 3. The first-order valence-electron chi connectivity index (χ1n) is 11.2. The molecule has 1 aromatic rings. The first-order chi connectivity index (χ1) is 13.8. The fourth-order valence-corrected chi connectivity index (χ4v) is 5.92. The SMILES string of the molecule is CN=C(NCC1CCN(CCc2ccccc2)C1)N1CC2C3CCC(O3)C2C1.I. The number of likely N-dealkylation sites (tertiary alicyclic amines) is 2. The van der Waals surface area contributed by atoms with Crippen LogP contribution in [0.15, 0.2) is 35.3 Å². The zero-order chi connectivity index (χ0) is 18.9. The van der Waals surface area contributed by atoms with Gasteiger partial charge in [-0.25, -0.2) is 0 Å². The van der Waals surface area contributed by atoms with Crippen molar-refractivity contribution in [1.82, 2.24) is 15.1 Å². The van der Waals surface area contributed by atoms with Crippen LogP contribution in [0.5, 0.6) is 0 Å². The molecule has 5 unspecified atom stereocenters. The number of rotatable bonds is 5. The fraction of sp³-hybridized carbons (Fsp3) is 0.696. The summed E-state index contributed by atoms with van der Waals surface area (Å²) in [4.78, 5) is 9.71. The maximum atomic E-state index is 6.12. The van der Waals surface area contributed by atoms with Crippen molar-refractivity contribution in [2.45, 2.75) is 37.9 Å². The number of aliphatic imine (C=N–C) groups is 1. The van der Waals surface area contributed by atoms with Gasteiger partial charge in [-0.15, -0.1) is 24.0 Å². The monoisotopic (exact) mass is 510 g/mol. The minimum atomic E-state index is 0. The van der Waals surface area contributed by atoms with Crippen LogP contribution in [0, 0.1) is 17.8 Å². The van der Waals surface area contributed by atoms with Crippen LogP contribution in [0.4, 0.5) is 0 Å². The lowest BCUT2D eigenvalue weighted by molar-refractivity contribution is 0.0767. The van der Waals surface area contributed by atoms with E-state index in [4.69, 9.17) is 4.74 Å². The second-order valence-corrected chi connectivity index (χ2v) is 9.14. The Hall–Kier alpha value is -0.860. The molecule has 1 N–H and O–H groups in total. The number of ether oxygens (including phenoxy) is 1. The van der Waals surface area contributed by atoms with Crippen molar-refractivity contribution in [1.29, 1.82) is 0 Å². The van der Waals surface area contributed by atoms with E-state index in [2.05, 4.69) is 50.4 Å². The van der Waals surface area contributed by atoms with Crippen molar-refractivity contribution in [3.8, 4) is 0 Å². The molecule has 4 heterocycles. The molecule has 2 bridgehead atoms. The van der Waals surface area contributed by atoms with Gasteiger partial charge in [-0.3, -0.25) is 4.99 Å². The van der Waals surface area contributed by atoms with Crippen molar-refractivity contribution < 1.29 is 4.74 Å². The predicted molar refractivity (Wildman–Crippen MR) is 128 cm³/mol. The minimum absolute atomic E-state index is 0. The Kier molecular flexibility index (Phi) is 7.02. The largest absolute Gasteiger partial charge is 0.374 e. The molecular weight excluding hydrogens is 475 g/mol. The van der Waals surface area contributed by atoms with Crippen LogP contribution in [0.2, 0.25) is 0 Å². The Morgan fingerprint density at radius 2 is 1.79 bits per heavy atom. The molecule has 0 aromatic heterocycles. The highest BCUT2D eigenvalue weighted by Crippen LogP contribution is 2.47. The molecule has 1 aromatic carbocycles. The molecule has 5 rings (SSSR count). The molecule has 4 aliphatic rings. The van der Waals surface area contributed by atoms with Gasteiger partial charge >= 0.3 is 0 Å². The zero-order valence-electron chi connectivity index (χ0n) is 17.5. The smallest absolute Gasteiger partial charge is 0.193 e. The number of nitrogens with one attached hydrogen (secondary N) is 1. The van der Waals surface area contributed by atoms with Crippen molar-refractivity contribution in [2.24, 2.45) is 22.7 Å². The molecule has 5 nitrogen and oxygen atoms in total. The van der Waals surface area contributed by atoms with E-state index in [1.165, 1.54) is 44.5 Å². The fourth-order valence-electron chi connectivity index (χ4n) is 5.92. The lowest BCUT2D eigenvalue weighted by Gasteiger charge is -2.24. The van der Waals surface area contributed by atoms with Crippen molar-refractivity contribution in [3.05, 3.63) is 35.9 Å². The molecule has 0 spiro atoms. The number of halogens is 1. The van der Waals surface area contributed by atoms with Crippen molar-refractivity contribution in [3.63, 3.8) is 0 Å². The van der Waals surface area contributed by atoms with Gasteiger partial charge < -0.3 is 19.9 Å². The highest BCUT2D eigenvalue weighted by atomic mass is 127. The molecule has 160 valence electrons. The quantitative estimate of drug-likeness (QED) is 0.376. The highest BCUT2D eigenvalue weighted by molar-refractivity contribution is 14.0. The molecule has 0 amide bonds. The lowest BCUT2D eigenvalue weighted by atomic mass is 9.82. The van der Waals surface area contributed by atoms with Crippen molar-refractivity contribution in [2.75, 3.05) is 46.3 Å². The summed E-state index contributed by atoms with van der Waals surface area (Å²) in [6.07, 6.45) is 6.03. The van der Waals surface area contributed by atoms with Gasteiger partial charge in [0.1, 0.15) is 0 Å². The zero-order valence-corrected chi connectivity index (χ0v) is 19.8. The second-order valence-electron chi connectivity index (χ2n) is 9.14. The Morgan fingerprint density at radius 1 is 1.07 bits per heavy atom. The summed E-state index contributed by atoms with van der Waals surface area (Å²) in [5.74, 6) is 3.31. The van der Waals surface area contributed by atoms with Gasteiger partial charge in [0.25, 0.3) is 0 Å². The van der Waals surface area contributed by atoms with E-state index in [0.29, 0.717) is 12.2 Å². The summed E-state index contributed by atoms with van der Waals surface area (Å²) in [6.45, 7) is 6.91. The van der Waals surface area contributed by atoms with Crippen LogP contribution >= 0.6 is 24.0 Å². The van der Waals surface area contributed by atoms with Gasteiger partial charge in [0.15, 0.2) is 5.96 Å². The van der Waals surface area contributed by atoms with Gasteiger partial charge in [0.05, 0.1) is 12.2 Å². The minimum Gasteiger partial charge on any atom is -0.374 e. The molecule has 0 saturated carbocycles. The third-order valence-corrected chi connectivity index (χ3v) is 7.44. The van der Waals surface area contributed by atoms with Gasteiger partial charge in [-0.1, -0.05) is 30.3 Å². The topological polar surface area (TPSA) is 40.1 Å². The van der Waals surface area contributed by atoms with Crippen molar-refractivity contribution >= 4 is 29.9 Å². The molecule has 4 fully saturated rings. The van der Waals surface area contributed by atoms with Crippen LogP contribution in [0.1, 0.15) is 24.8 Å². The Morgan fingerprint density at radius 3 is 2.48 bits per heavy atom. The van der Waals surface area contributed by atoms with E-state index < -0.39 is 0 Å². The third-order valence-electron chi connectivity index (χ3n) is 7.44. The normalized spacial score (nSPS) is 33.8. The molecule has 4 saturated heterocycles.